The molecule has 0 N–H and O–H groups in total. The van der Waals surface area contributed by atoms with Gasteiger partial charge in [0.15, 0.2) is 5.13 Å². The summed E-state index contributed by atoms with van der Waals surface area (Å²) in [6, 6.07) is 0. The molecule has 6 heteroatoms. The highest BCUT2D eigenvalue weighted by Crippen LogP contribution is 2.23. The summed E-state index contributed by atoms with van der Waals surface area (Å²) in [6.07, 6.45) is 1.55. The average molecular weight is 284 g/mol. The zero-order valence-electron chi connectivity index (χ0n) is 11.4. The Morgan fingerprint density at radius 1 is 1.63 bits per heavy atom. The molecule has 1 unspecified atom stereocenters. The molecule has 106 valence electrons. The van der Waals surface area contributed by atoms with Gasteiger partial charge in [0.2, 0.25) is 0 Å². The van der Waals surface area contributed by atoms with Gasteiger partial charge in [-0.1, -0.05) is 6.92 Å². The van der Waals surface area contributed by atoms with E-state index in [1.807, 2.05) is 12.3 Å². The van der Waals surface area contributed by atoms with Crippen molar-refractivity contribution in [3.05, 3.63) is 11.1 Å². The number of esters is 1. The van der Waals surface area contributed by atoms with Gasteiger partial charge in [0.1, 0.15) is 0 Å². The number of rotatable bonds is 5. The van der Waals surface area contributed by atoms with Gasteiger partial charge in [0.05, 0.1) is 31.4 Å². The molecule has 1 aromatic heterocycles. The van der Waals surface area contributed by atoms with E-state index >= 15 is 0 Å². The molecule has 0 saturated carbocycles. The van der Waals surface area contributed by atoms with Crippen LogP contribution < -0.4 is 4.90 Å². The molecule has 5 nitrogen and oxygen atoms in total. The first-order chi connectivity index (χ1) is 9.22. The molecule has 1 fully saturated rings. The summed E-state index contributed by atoms with van der Waals surface area (Å²) in [4.78, 5) is 18.2. The van der Waals surface area contributed by atoms with Gasteiger partial charge in [-0.2, -0.15) is 0 Å². The number of carbonyl (C=O) groups is 1. The molecule has 2 heterocycles. The molecule has 0 aromatic carbocycles. The summed E-state index contributed by atoms with van der Waals surface area (Å²) in [5.74, 6) is -0.215. The summed E-state index contributed by atoms with van der Waals surface area (Å²) in [6.45, 7) is 6.83. The van der Waals surface area contributed by atoms with Crippen molar-refractivity contribution >= 4 is 22.4 Å². The largest absolute Gasteiger partial charge is 0.466 e. The normalized spacial score (nSPS) is 19.5. The van der Waals surface area contributed by atoms with Crippen LogP contribution in [0.3, 0.4) is 0 Å². The fourth-order valence-corrected chi connectivity index (χ4v) is 2.89. The third-order valence-electron chi connectivity index (χ3n) is 3.04. The molecular formula is C13H20N2O3S. The molecule has 0 spiro atoms. The Kier molecular flexibility index (Phi) is 5.15. The first-order valence-electron chi connectivity index (χ1n) is 6.69. The molecule has 1 atom stereocenters. The molecule has 1 aromatic rings. The number of aromatic nitrogens is 1. The van der Waals surface area contributed by atoms with E-state index in [2.05, 4.69) is 16.8 Å². The van der Waals surface area contributed by atoms with Gasteiger partial charge in [-0.05, 0) is 13.3 Å². The third-order valence-corrected chi connectivity index (χ3v) is 3.99. The fourth-order valence-electron chi connectivity index (χ4n) is 2.02. The van der Waals surface area contributed by atoms with Crippen LogP contribution >= 0.6 is 11.3 Å². The Bertz CT molecular complexity index is 422. The highest BCUT2D eigenvalue weighted by atomic mass is 32.1. The average Bonchev–Trinajstić information content (AvgIpc) is 2.87. The quantitative estimate of drug-likeness (QED) is 0.773. The minimum Gasteiger partial charge on any atom is -0.466 e. The van der Waals surface area contributed by atoms with E-state index < -0.39 is 0 Å². The van der Waals surface area contributed by atoms with Gasteiger partial charge < -0.3 is 14.4 Å². The molecule has 0 amide bonds. The predicted octanol–water partition coefficient (Wildman–Crippen LogP) is 1.86. The third kappa shape index (κ3) is 3.91. The first-order valence-corrected chi connectivity index (χ1v) is 7.57. The molecule has 0 aliphatic carbocycles. The van der Waals surface area contributed by atoms with Crippen LogP contribution in [0.1, 0.15) is 26.0 Å². The van der Waals surface area contributed by atoms with Crippen molar-refractivity contribution in [1.82, 2.24) is 4.98 Å². The molecule has 19 heavy (non-hydrogen) atoms. The minimum atomic E-state index is -0.215. The monoisotopic (exact) mass is 284 g/mol. The fraction of sp³-hybridized carbons (Fsp3) is 0.692. The Hall–Kier alpha value is -1.14. The topological polar surface area (TPSA) is 51.7 Å². The molecule has 1 aliphatic heterocycles. The van der Waals surface area contributed by atoms with Crippen molar-refractivity contribution in [1.29, 1.82) is 0 Å². The predicted molar refractivity (Wildman–Crippen MR) is 74.7 cm³/mol. The lowest BCUT2D eigenvalue weighted by molar-refractivity contribution is -0.142. The lowest BCUT2D eigenvalue weighted by Crippen LogP contribution is -2.42. The minimum absolute atomic E-state index is 0.215. The lowest BCUT2D eigenvalue weighted by atomic mass is 10.2. The number of nitrogens with zero attached hydrogens (tertiary/aromatic N) is 2. The second-order valence-corrected chi connectivity index (χ2v) is 5.29. The Morgan fingerprint density at radius 2 is 2.47 bits per heavy atom. The number of ether oxygens (including phenoxy) is 2. The summed E-state index contributed by atoms with van der Waals surface area (Å²) >= 11 is 1.58. The van der Waals surface area contributed by atoms with Gasteiger partial charge in [-0.25, -0.2) is 4.98 Å². The van der Waals surface area contributed by atoms with Crippen molar-refractivity contribution in [2.24, 2.45) is 0 Å². The lowest BCUT2D eigenvalue weighted by Gasteiger charge is -2.32. The van der Waals surface area contributed by atoms with Crippen LogP contribution in [-0.2, 0) is 20.7 Å². The smallest absolute Gasteiger partial charge is 0.311 e. The van der Waals surface area contributed by atoms with Gasteiger partial charge in [0, 0.05) is 18.5 Å². The van der Waals surface area contributed by atoms with E-state index in [9.17, 15) is 4.79 Å². The van der Waals surface area contributed by atoms with Gasteiger partial charge in [0.25, 0.3) is 0 Å². The number of thiazole rings is 1. The maximum Gasteiger partial charge on any atom is 0.311 e. The molecule has 2 rings (SSSR count). The number of morpholine rings is 1. The Morgan fingerprint density at radius 3 is 3.21 bits per heavy atom. The molecule has 0 radical (unpaired) electrons. The van der Waals surface area contributed by atoms with Crippen LogP contribution in [0.4, 0.5) is 5.13 Å². The molecular weight excluding hydrogens is 264 g/mol. The summed E-state index contributed by atoms with van der Waals surface area (Å²) in [5, 5.41) is 2.91. The summed E-state index contributed by atoms with van der Waals surface area (Å²) in [7, 11) is 0. The van der Waals surface area contributed by atoms with Crippen molar-refractivity contribution in [2.45, 2.75) is 32.8 Å². The number of hydrogen-bond donors (Lipinski definition) is 0. The van der Waals surface area contributed by atoms with Crippen molar-refractivity contribution in [3.63, 3.8) is 0 Å². The zero-order chi connectivity index (χ0) is 13.7. The van der Waals surface area contributed by atoms with E-state index in [0.29, 0.717) is 6.61 Å². The first kappa shape index (κ1) is 14.3. The second kappa shape index (κ2) is 6.86. The zero-order valence-corrected chi connectivity index (χ0v) is 12.2. The Labute approximate surface area is 117 Å². The van der Waals surface area contributed by atoms with E-state index in [-0.39, 0.29) is 18.5 Å². The van der Waals surface area contributed by atoms with Crippen LogP contribution in [-0.4, -0.2) is 43.4 Å². The summed E-state index contributed by atoms with van der Waals surface area (Å²) < 4.78 is 10.6. The van der Waals surface area contributed by atoms with Crippen LogP contribution in [0.25, 0.3) is 0 Å². The van der Waals surface area contributed by atoms with E-state index in [4.69, 9.17) is 9.47 Å². The van der Waals surface area contributed by atoms with Gasteiger partial charge in [-0.3, -0.25) is 4.79 Å². The van der Waals surface area contributed by atoms with Crippen LogP contribution in [0, 0.1) is 0 Å². The van der Waals surface area contributed by atoms with Gasteiger partial charge >= 0.3 is 5.97 Å². The Balaban J connectivity index is 1.94. The van der Waals surface area contributed by atoms with Crippen molar-refractivity contribution in [2.75, 3.05) is 31.2 Å². The van der Waals surface area contributed by atoms with Crippen molar-refractivity contribution < 1.29 is 14.3 Å². The molecule has 0 bridgehead atoms. The van der Waals surface area contributed by atoms with Crippen molar-refractivity contribution in [3.8, 4) is 0 Å². The SMILES string of the molecule is CCOC(=O)Cc1csc(N2CCOC(CC)C2)n1. The second-order valence-electron chi connectivity index (χ2n) is 4.45. The van der Waals surface area contributed by atoms with E-state index in [1.54, 1.807) is 11.3 Å². The van der Waals surface area contributed by atoms with E-state index in [0.717, 1.165) is 36.9 Å². The van der Waals surface area contributed by atoms with Crippen LogP contribution in [0.5, 0.6) is 0 Å². The molecule has 1 saturated heterocycles. The highest BCUT2D eigenvalue weighted by Gasteiger charge is 2.21. The number of anilines is 1. The molecule has 1 aliphatic rings. The van der Waals surface area contributed by atoms with Gasteiger partial charge in [-0.15, -0.1) is 11.3 Å². The number of hydrogen-bond acceptors (Lipinski definition) is 6. The van der Waals surface area contributed by atoms with Crippen LogP contribution in [0.15, 0.2) is 5.38 Å². The standard InChI is InChI=1S/C13H20N2O3S/c1-3-11-8-15(5-6-18-11)13-14-10(9-19-13)7-12(16)17-4-2/h9,11H,3-8H2,1-2H3. The maximum absolute atomic E-state index is 11.4. The van der Waals surface area contributed by atoms with E-state index in [1.165, 1.54) is 0 Å². The number of carbonyl (C=O) groups excluding carboxylic acids is 1. The summed E-state index contributed by atoms with van der Waals surface area (Å²) in [5.41, 5.74) is 0.790. The van der Waals surface area contributed by atoms with Crippen LogP contribution in [0.2, 0.25) is 0 Å². The highest BCUT2D eigenvalue weighted by molar-refractivity contribution is 7.13. The maximum atomic E-state index is 11.4.